The Hall–Kier alpha value is -1.55. The van der Waals surface area contributed by atoms with Gasteiger partial charge in [-0.3, -0.25) is 4.79 Å². The Labute approximate surface area is 154 Å². The average molecular weight is 350 g/mol. The number of nitrogens with zero attached hydrogens (tertiary/aromatic N) is 1. The van der Waals surface area contributed by atoms with Gasteiger partial charge in [0.1, 0.15) is 5.75 Å². The molecular formula is C21H37N2O2+. The Balaban J connectivity index is 2.19. The van der Waals surface area contributed by atoms with Gasteiger partial charge in [-0.2, -0.15) is 0 Å². The third-order valence-electron chi connectivity index (χ3n) is 4.20. The predicted octanol–water partition coefficient (Wildman–Crippen LogP) is 4.25. The van der Waals surface area contributed by atoms with Crippen LogP contribution in [0.4, 0.5) is 0 Å². The second-order valence-electron chi connectivity index (χ2n) is 7.76. The lowest BCUT2D eigenvalue weighted by Gasteiger charge is -2.23. The van der Waals surface area contributed by atoms with Crippen molar-refractivity contribution >= 4 is 5.91 Å². The molecule has 1 aromatic rings. The Bertz CT molecular complexity index is 478. The molecule has 0 saturated carbocycles. The minimum atomic E-state index is -0.0212. The molecule has 0 spiro atoms. The van der Waals surface area contributed by atoms with Gasteiger partial charge in [0, 0.05) is 5.56 Å². The standard InChI is InChI=1S/C21H36N2O2/c1-5-6-7-8-9-10-11-18-25-20-14-12-19(13-15-20)21(24)22-16-17-23(2,3)4/h12-15H,5-11,16-18H2,1-4H3/p+1. The number of rotatable bonds is 13. The van der Waals surface area contributed by atoms with E-state index in [9.17, 15) is 4.79 Å². The van der Waals surface area contributed by atoms with Crippen molar-refractivity contribution in [2.75, 3.05) is 40.8 Å². The van der Waals surface area contributed by atoms with Gasteiger partial charge in [0.25, 0.3) is 5.91 Å². The number of unbranched alkanes of at least 4 members (excludes halogenated alkanes) is 6. The fraction of sp³-hybridized carbons (Fsp3) is 0.667. The van der Waals surface area contributed by atoms with Gasteiger partial charge in [-0.05, 0) is 30.7 Å². The third kappa shape index (κ3) is 10.8. The molecule has 4 nitrogen and oxygen atoms in total. The van der Waals surface area contributed by atoms with Crippen LogP contribution in [0.3, 0.4) is 0 Å². The van der Waals surface area contributed by atoms with E-state index in [0.717, 1.165) is 29.8 Å². The molecule has 0 aliphatic rings. The molecule has 0 fully saturated rings. The molecule has 142 valence electrons. The summed E-state index contributed by atoms with van der Waals surface area (Å²) in [6, 6.07) is 7.44. The molecule has 1 aromatic carbocycles. The summed E-state index contributed by atoms with van der Waals surface area (Å²) >= 11 is 0. The van der Waals surface area contributed by atoms with Crippen molar-refractivity contribution in [1.29, 1.82) is 0 Å². The van der Waals surface area contributed by atoms with Crippen LogP contribution in [0.2, 0.25) is 0 Å². The van der Waals surface area contributed by atoms with Crippen LogP contribution in [0.15, 0.2) is 24.3 Å². The number of likely N-dealkylation sites (N-methyl/N-ethyl adjacent to an activating group) is 1. The molecule has 25 heavy (non-hydrogen) atoms. The molecule has 1 rings (SSSR count). The maximum atomic E-state index is 12.1. The number of hydrogen-bond donors (Lipinski definition) is 1. The van der Waals surface area contributed by atoms with Crippen LogP contribution in [0, 0.1) is 0 Å². The summed E-state index contributed by atoms with van der Waals surface area (Å²) in [4.78, 5) is 12.1. The molecule has 0 heterocycles. The summed E-state index contributed by atoms with van der Waals surface area (Å²) in [6.45, 7) is 4.58. The molecule has 0 aromatic heterocycles. The summed E-state index contributed by atoms with van der Waals surface area (Å²) in [5.41, 5.74) is 0.685. The first-order valence-corrected chi connectivity index (χ1v) is 9.74. The van der Waals surface area contributed by atoms with Crippen molar-refractivity contribution in [3.05, 3.63) is 29.8 Å². The van der Waals surface area contributed by atoms with Gasteiger partial charge < -0.3 is 14.5 Å². The second kappa shape index (κ2) is 11.9. The number of carbonyl (C=O) groups is 1. The molecule has 0 unspecified atom stereocenters. The highest BCUT2D eigenvalue weighted by Crippen LogP contribution is 2.13. The van der Waals surface area contributed by atoms with Crippen molar-refractivity contribution in [3.63, 3.8) is 0 Å². The molecule has 0 aliphatic heterocycles. The minimum Gasteiger partial charge on any atom is -0.494 e. The van der Waals surface area contributed by atoms with Crippen LogP contribution in [0.5, 0.6) is 5.75 Å². The van der Waals surface area contributed by atoms with E-state index < -0.39 is 0 Å². The first-order valence-electron chi connectivity index (χ1n) is 9.74. The molecule has 0 saturated heterocycles. The number of benzene rings is 1. The average Bonchev–Trinajstić information content (AvgIpc) is 2.56. The van der Waals surface area contributed by atoms with Gasteiger partial charge in [0.2, 0.25) is 0 Å². The van der Waals surface area contributed by atoms with E-state index in [2.05, 4.69) is 33.4 Å². The Morgan fingerprint density at radius 2 is 1.56 bits per heavy atom. The first-order chi connectivity index (χ1) is 11.9. The van der Waals surface area contributed by atoms with Gasteiger partial charge in [-0.1, -0.05) is 45.4 Å². The van der Waals surface area contributed by atoms with Crippen LogP contribution >= 0.6 is 0 Å². The van der Waals surface area contributed by atoms with Gasteiger partial charge in [-0.15, -0.1) is 0 Å². The summed E-state index contributed by atoms with van der Waals surface area (Å²) in [6.07, 6.45) is 8.98. The topological polar surface area (TPSA) is 38.3 Å². The quantitative estimate of drug-likeness (QED) is 0.427. The molecule has 1 N–H and O–H groups in total. The summed E-state index contributed by atoms with van der Waals surface area (Å²) < 4.78 is 6.60. The molecule has 0 aliphatic carbocycles. The number of nitrogens with one attached hydrogen (secondary N) is 1. The molecule has 4 heteroatoms. The van der Waals surface area contributed by atoms with Crippen molar-refractivity contribution in [2.24, 2.45) is 0 Å². The van der Waals surface area contributed by atoms with Crippen LogP contribution in [-0.2, 0) is 0 Å². The zero-order valence-electron chi connectivity index (χ0n) is 16.6. The van der Waals surface area contributed by atoms with Gasteiger partial charge in [0.15, 0.2) is 0 Å². The number of quaternary nitrogens is 1. The van der Waals surface area contributed by atoms with E-state index in [1.54, 1.807) is 0 Å². The third-order valence-corrected chi connectivity index (χ3v) is 4.20. The Morgan fingerprint density at radius 3 is 2.16 bits per heavy atom. The molecule has 0 bridgehead atoms. The van der Waals surface area contributed by atoms with Crippen LogP contribution in [0.25, 0.3) is 0 Å². The highest BCUT2D eigenvalue weighted by atomic mass is 16.5. The fourth-order valence-corrected chi connectivity index (χ4v) is 2.56. The van der Waals surface area contributed by atoms with Crippen molar-refractivity contribution in [3.8, 4) is 5.75 Å². The van der Waals surface area contributed by atoms with E-state index in [-0.39, 0.29) is 5.91 Å². The zero-order chi connectivity index (χ0) is 18.5. The highest BCUT2D eigenvalue weighted by Gasteiger charge is 2.09. The number of carbonyl (C=O) groups excluding carboxylic acids is 1. The fourth-order valence-electron chi connectivity index (χ4n) is 2.56. The lowest BCUT2D eigenvalue weighted by atomic mass is 10.1. The van der Waals surface area contributed by atoms with E-state index in [1.807, 2.05) is 24.3 Å². The number of ether oxygens (including phenoxy) is 1. The van der Waals surface area contributed by atoms with E-state index in [4.69, 9.17) is 4.74 Å². The highest BCUT2D eigenvalue weighted by molar-refractivity contribution is 5.94. The van der Waals surface area contributed by atoms with Crippen molar-refractivity contribution in [2.45, 2.75) is 51.9 Å². The smallest absolute Gasteiger partial charge is 0.251 e. The van der Waals surface area contributed by atoms with Crippen molar-refractivity contribution < 1.29 is 14.0 Å². The van der Waals surface area contributed by atoms with E-state index in [1.165, 1.54) is 38.5 Å². The maximum absolute atomic E-state index is 12.1. The monoisotopic (exact) mass is 349 g/mol. The van der Waals surface area contributed by atoms with E-state index >= 15 is 0 Å². The largest absolute Gasteiger partial charge is 0.494 e. The lowest BCUT2D eigenvalue weighted by Crippen LogP contribution is -2.41. The minimum absolute atomic E-state index is 0.0212. The lowest BCUT2D eigenvalue weighted by molar-refractivity contribution is -0.869. The van der Waals surface area contributed by atoms with Crippen LogP contribution in [-0.4, -0.2) is 51.2 Å². The van der Waals surface area contributed by atoms with Crippen LogP contribution in [0.1, 0.15) is 62.2 Å². The van der Waals surface area contributed by atoms with Crippen LogP contribution < -0.4 is 10.1 Å². The maximum Gasteiger partial charge on any atom is 0.251 e. The van der Waals surface area contributed by atoms with Gasteiger partial charge >= 0.3 is 0 Å². The molecule has 1 amide bonds. The molecule has 0 atom stereocenters. The Morgan fingerprint density at radius 1 is 0.960 bits per heavy atom. The predicted molar refractivity (Wildman–Crippen MR) is 105 cm³/mol. The SMILES string of the molecule is CCCCCCCCCOc1ccc(C(=O)NCC[N+](C)(C)C)cc1. The normalized spacial score (nSPS) is 11.4. The second-order valence-corrected chi connectivity index (χ2v) is 7.76. The zero-order valence-corrected chi connectivity index (χ0v) is 16.6. The first kappa shape index (κ1) is 21.5. The van der Waals surface area contributed by atoms with Crippen molar-refractivity contribution in [1.82, 2.24) is 5.32 Å². The number of hydrogen-bond acceptors (Lipinski definition) is 2. The molecule has 0 radical (unpaired) electrons. The summed E-state index contributed by atoms with van der Waals surface area (Å²) in [5, 5.41) is 2.96. The van der Waals surface area contributed by atoms with Gasteiger partial charge in [0.05, 0.1) is 40.8 Å². The van der Waals surface area contributed by atoms with E-state index in [0.29, 0.717) is 12.1 Å². The van der Waals surface area contributed by atoms with Gasteiger partial charge in [-0.25, -0.2) is 0 Å². The summed E-state index contributed by atoms with van der Waals surface area (Å²) in [5.74, 6) is 0.820. The summed E-state index contributed by atoms with van der Waals surface area (Å²) in [7, 11) is 6.34. The molecular weight excluding hydrogens is 312 g/mol. The number of amides is 1. The Kier molecular flexibility index (Phi) is 10.2.